The predicted molar refractivity (Wildman–Crippen MR) is 85.5 cm³/mol. The van der Waals surface area contributed by atoms with Gasteiger partial charge in [-0.05, 0) is 52.2 Å². The first-order chi connectivity index (χ1) is 10.7. The van der Waals surface area contributed by atoms with Gasteiger partial charge >= 0.3 is 6.09 Å². The topological polar surface area (TPSA) is 41.6 Å². The zero-order valence-corrected chi connectivity index (χ0v) is 14.1. The third-order valence-corrected chi connectivity index (χ3v) is 3.68. The Hall–Kier alpha value is -1.85. The third-order valence-electron chi connectivity index (χ3n) is 3.68. The zero-order chi connectivity index (χ0) is 17.2. The Kier molecular flexibility index (Phi) is 5.12. The van der Waals surface area contributed by atoms with Crippen molar-refractivity contribution in [3.63, 3.8) is 0 Å². The molecule has 1 heterocycles. The maximum atomic E-state index is 13.9. The van der Waals surface area contributed by atoms with Gasteiger partial charge in [0.05, 0.1) is 5.69 Å². The van der Waals surface area contributed by atoms with Crippen molar-refractivity contribution < 1.29 is 18.3 Å². The van der Waals surface area contributed by atoms with Gasteiger partial charge in [0.1, 0.15) is 17.2 Å². The van der Waals surface area contributed by atoms with Gasteiger partial charge in [-0.25, -0.2) is 13.6 Å². The molecule has 4 nitrogen and oxygen atoms in total. The number of amides is 1. The SMILES string of the molecule is Cc1cc(F)c(NC2CCCN(C(=O)OC(C)(C)C)C2)cc1F. The number of hydrogen-bond donors (Lipinski definition) is 1. The van der Waals surface area contributed by atoms with E-state index in [1.165, 1.54) is 13.0 Å². The third kappa shape index (κ3) is 4.81. The highest BCUT2D eigenvalue weighted by Gasteiger charge is 2.28. The zero-order valence-electron chi connectivity index (χ0n) is 14.1. The van der Waals surface area contributed by atoms with E-state index < -0.39 is 17.2 Å². The van der Waals surface area contributed by atoms with Crippen molar-refractivity contribution in [3.8, 4) is 0 Å². The summed E-state index contributed by atoms with van der Waals surface area (Å²) >= 11 is 0. The lowest BCUT2D eigenvalue weighted by Crippen LogP contribution is -2.47. The Morgan fingerprint density at radius 1 is 1.30 bits per heavy atom. The second-order valence-corrected chi connectivity index (χ2v) is 6.99. The van der Waals surface area contributed by atoms with Crippen molar-refractivity contribution in [2.45, 2.75) is 52.2 Å². The number of hydrogen-bond acceptors (Lipinski definition) is 3. The van der Waals surface area contributed by atoms with Gasteiger partial charge in [0.15, 0.2) is 0 Å². The molecule has 1 amide bonds. The van der Waals surface area contributed by atoms with Crippen LogP contribution >= 0.6 is 0 Å². The van der Waals surface area contributed by atoms with E-state index in [0.29, 0.717) is 13.1 Å². The molecule has 128 valence electrons. The molecule has 2 rings (SSSR count). The molecule has 0 spiro atoms. The van der Waals surface area contributed by atoms with E-state index in [-0.39, 0.29) is 23.4 Å². The Bertz CT molecular complexity index is 585. The summed E-state index contributed by atoms with van der Waals surface area (Å²) in [6, 6.07) is 2.20. The van der Waals surface area contributed by atoms with Gasteiger partial charge in [-0.1, -0.05) is 0 Å². The summed E-state index contributed by atoms with van der Waals surface area (Å²) in [5.74, 6) is -0.938. The van der Waals surface area contributed by atoms with Crippen LogP contribution in [0.1, 0.15) is 39.2 Å². The molecule has 6 heteroatoms. The molecule has 1 aliphatic heterocycles. The molecule has 0 aromatic heterocycles. The molecule has 0 saturated carbocycles. The van der Waals surface area contributed by atoms with Crippen LogP contribution < -0.4 is 5.32 Å². The van der Waals surface area contributed by atoms with Gasteiger partial charge in [0, 0.05) is 25.2 Å². The number of carbonyl (C=O) groups is 1. The van der Waals surface area contributed by atoms with Crippen LogP contribution in [0.25, 0.3) is 0 Å². The molecule has 1 fully saturated rings. The second kappa shape index (κ2) is 6.72. The van der Waals surface area contributed by atoms with Crippen molar-refractivity contribution >= 4 is 11.8 Å². The summed E-state index contributed by atoms with van der Waals surface area (Å²) in [6.07, 6.45) is 1.20. The molecule has 1 atom stereocenters. The van der Waals surface area contributed by atoms with Crippen LogP contribution in [0.15, 0.2) is 12.1 Å². The van der Waals surface area contributed by atoms with Gasteiger partial charge in [0.2, 0.25) is 0 Å². The van der Waals surface area contributed by atoms with Crippen LogP contribution in [-0.2, 0) is 4.74 Å². The first kappa shape index (κ1) is 17.5. The summed E-state index contributed by atoms with van der Waals surface area (Å²) in [6.45, 7) is 7.98. The number of likely N-dealkylation sites (tertiary alicyclic amines) is 1. The molecular weight excluding hydrogens is 302 g/mol. The van der Waals surface area contributed by atoms with Crippen LogP contribution in [0.5, 0.6) is 0 Å². The number of rotatable bonds is 2. The fourth-order valence-corrected chi connectivity index (χ4v) is 2.56. The Balaban J connectivity index is 2.02. The number of nitrogens with one attached hydrogen (secondary N) is 1. The van der Waals surface area contributed by atoms with Crippen LogP contribution in [0.2, 0.25) is 0 Å². The minimum atomic E-state index is -0.552. The first-order valence-electron chi connectivity index (χ1n) is 7.86. The van der Waals surface area contributed by atoms with Gasteiger partial charge in [-0.2, -0.15) is 0 Å². The molecule has 1 aromatic rings. The van der Waals surface area contributed by atoms with E-state index in [1.54, 1.807) is 4.90 Å². The fraction of sp³-hybridized carbons (Fsp3) is 0.588. The smallest absolute Gasteiger partial charge is 0.410 e. The summed E-state index contributed by atoms with van der Waals surface area (Å²) in [5, 5.41) is 3.00. The fourth-order valence-electron chi connectivity index (χ4n) is 2.56. The van der Waals surface area contributed by atoms with Crippen molar-refractivity contribution in [1.29, 1.82) is 0 Å². The quantitative estimate of drug-likeness (QED) is 0.890. The van der Waals surface area contributed by atoms with E-state index in [4.69, 9.17) is 4.74 Å². The van der Waals surface area contributed by atoms with Crippen LogP contribution in [0.3, 0.4) is 0 Å². The second-order valence-electron chi connectivity index (χ2n) is 6.99. The molecule has 1 N–H and O–H groups in total. The largest absolute Gasteiger partial charge is 0.444 e. The summed E-state index contributed by atoms with van der Waals surface area (Å²) in [7, 11) is 0. The summed E-state index contributed by atoms with van der Waals surface area (Å²) in [5.41, 5.74) is -0.153. The first-order valence-corrected chi connectivity index (χ1v) is 7.86. The normalized spacial score (nSPS) is 18.7. The van der Waals surface area contributed by atoms with E-state index >= 15 is 0 Å². The lowest BCUT2D eigenvalue weighted by Gasteiger charge is -2.34. The number of anilines is 1. The average Bonchev–Trinajstić information content (AvgIpc) is 2.43. The van der Waals surface area contributed by atoms with Gasteiger partial charge in [-0.3, -0.25) is 0 Å². The van der Waals surface area contributed by atoms with E-state index in [1.807, 2.05) is 20.8 Å². The van der Waals surface area contributed by atoms with Crippen molar-refractivity contribution in [2.75, 3.05) is 18.4 Å². The highest BCUT2D eigenvalue weighted by atomic mass is 19.1. The van der Waals surface area contributed by atoms with Gasteiger partial charge in [-0.15, -0.1) is 0 Å². The molecule has 1 aromatic carbocycles. The van der Waals surface area contributed by atoms with E-state index in [0.717, 1.165) is 18.9 Å². The highest BCUT2D eigenvalue weighted by molar-refractivity contribution is 5.68. The lowest BCUT2D eigenvalue weighted by atomic mass is 10.1. The standard InChI is InChI=1S/C17H24F2N2O2/c1-11-8-14(19)15(9-13(11)18)20-12-6-5-7-21(10-12)16(22)23-17(2,3)4/h8-9,12,20H,5-7,10H2,1-4H3. The molecule has 0 aliphatic carbocycles. The number of ether oxygens (including phenoxy) is 1. The van der Waals surface area contributed by atoms with Crippen LogP contribution in [0.4, 0.5) is 19.3 Å². The monoisotopic (exact) mass is 326 g/mol. The van der Waals surface area contributed by atoms with E-state index in [2.05, 4.69) is 5.32 Å². The maximum absolute atomic E-state index is 13.9. The predicted octanol–water partition coefficient (Wildman–Crippen LogP) is 4.08. The number of halogens is 2. The van der Waals surface area contributed by atoms with Crippen LogP contribution in [-0.4, -0.2) is 35.7 Å². The van der Waals surface area contributed by atoms with Crippen molar-refractivity contribution in [2.24, 2.45) is 0 Å². The number of piperidine rings is 1. The molecule has 1 unspecified atom stereocenters. The van der Waals surface area contributed by atoms with Gasteiger partial charge in [0.25, 0.3) is 0 Å². The minimum Gasteiger partial charge on any atom is -0.444 e. The Morgan fingerprint density at radius 2 is 2.00 bits per heavy atom. The molecule has 0 bridgehead atoms. The molecular formula is C17H24F2N2O2. The molecule has 0 radical (unpaired) electrons. The number of nitrogens with zero attached hydrogens (tertiary/aromatic N) is 1. The average molecular weight is 326 g/mol. The molecule has 1 aliphatic rings. The number of benzene rings is 1. The minimum absolute atomic E-state index is 0.129. The number of carbonyl (C=O) groups excluding carboxylic acids is 1. The maximum Gasteiger partial charge on any atom is 0.410 e. The van der Waals surface area contributed by atoms with Crippen molar-refractivity contribution in [1.82, 2.24) is 4.90 Å². The number of aryl methyl sites for hydroxylation is 1. The molecule has 23 heavy (non-hydrogen) atoms. The highest BCUT2D eigenvalue weighted by Crippen LogP contribution is 2.23. The Morgan fingerprint density at radius 3 is 2.65 bits per heavy atom. The van der Waals surface area contributed by atoms with Crippen LogP contribution in [0, 0.1) is 18.6 Å². The lowest BCUT2D eigenvalue weighted by molar-refractivity contribution is 0.0206. The summed E-state index contributed by atoms with van der Waals surface area (Å²) < 4.78 is 32.9. The van der Waals surface area contributed by atoms with Gasteiger partial charge < -0.3 is 15.0 Å². The van der Waals surface area contributed by atoms with E-state index in [9.17, 15) is 13.6 Å². The summed E-state index contributed by atoms with van der Waals surface area (Å²) in [4.78, 5) is 13.7. The Labute approximate surface area is 135 Å². The van der Waals surface area contributed by atoms with Crippen molar-refractivity contribution in [3.05, 3.63) is 29.3 Å². The molecule has 1 saturated heterocycles.